The Balaban J connectivity index is 1.18. The van der Waals surface area contributed by atoms with Crippen LogP contribution in [0.15, 0.2) is 78.9 Å². The van der Waals surface area contributed by atoms with Gasteiger partial charge in [0.1, 0.15) is 12.4 Å². The summed E-state index contributed by atoms with van der Waals surface area (Å²) in [5, 5.41) is 17.6. The third-order valence-electron chi connectivity index (χ3n) is 8.02. The maximum atomic E-state index is 14.3. The zero-order valence-electron chi connectivity index (χ0n) is 21.2. The first-order chi connectivity index (χ1) is 18.8. The number of piperidine rings is 3. The number of nitrogens with zero attached hydrogens (tertiary/aromatic N) is 2. The van der Waals surface area contributed by atoms with Crippen molar-refractivity contribution in [1.82, 2.24) is 4.98 Å². The van der Waals surface area contributed by atoms with Crippen molar-refractivity contribution in [2.75, 3.05) is 31.5 Å². The Kier molecular flexibility index (Phi) is 6.66. The molecule has 1 N–H and O–H groups in total. The van der Waals surface area contributed by atoms with Crippen LogP contribution in [-0.4, -0.2) is 53.6 Å². The van der Waals surface area contributed by atoms with Crippen LogP contribution in [0.25, 0.3) is 10.2 Å². The van der Waals surface area contributed by atoms with Gasteiger partial charge in [0.15, 0.2) is 17.8 Å². The molecule has 0 spiro atoms. The van der Waals surface area contributed by atoms with Gasteiger partial charge >= 0.3 is 5.97 Å². The number of thiazole rings is 1. The molecule has 3 fully saturated rings. The average Bonchev–Trinajstić information content (AvgIpc) is 3.34. The van der Waals surface area contributed by atoms with E-state index in [1.165, 1.54) is 23.5 Å². The molecule has 0 radical (unpaired) electrons. The van der Waals surface area contributed by atoms with Gasteiger partial charge in [0, 0.05) is 30.4 Å². The van der Waals surface area contributed by atoms with Gasteiger partial charge in [-0.3, -0.25) is 14.9 Å². The lowest BCUT2D eigenvalue weighted by Crippen LogP contribution is -2.67. The van der Waals surface area contributed by atoms with Gasteiger partial charge in [-0.05, 0) is 23.3 Å². The summed E-state index contributed by atoms with van der Waals surface area (Å²) in [5.41, 5.74) is -1.02. The lowest BCUT2D eigenvalue weighted by Gasteiger charge is -2.52. The predicted octanol–water partition coefficient (Wildman–Crippen LogP) is 3.83. The maximum absolute atomic E-state index is 14.3. The van der Waals surface area contributed by atoms with E-state index in [2.05, 4.69) is 10.3 Å². The molecule has 4 aromatic rings. The minimum absolute atomic E-state index is 0.159. The molecule has 4 heterocycles. The summed E-state index contributed by atoms with van der Waals surface area (Å²) in [5.74, 6) is -1.22. The number of benzene rings is 3. The predicted molar refractivity (Wildman–Crippen MR) is 144 cm³/mol. The Bertz CT molecular complexity index is 1460. The Hall–Kier alpha value is -3.66. The van der Waals surface area contributed by atoms with Gasteiger partial charge in [0.2, 0.25) is 0 Å². The lowest BCUT2D eigenvalue weighted by atomic mass is 9.82. The number of quaternary nitrogens is 1. The second-order valence-corrected chi connectivity index (χ2v) is 11.5. The third kappa shape index (κ3) is 4.93. The highest BCUT2D eigenvalue weighted by molar-refractivity contribution is 7.22. The molecule has 7 nitrogen and oxygen atoms in total. The Morgan fingerprint density at radius 3 is 2.31 bits per heavy atom. The summed E-state index contributed by atoms with van der Waals surface area (Å²) in [6.45, 7) is 2.30. The molecular formula is C30H28FN3O4S. The first kappa shape index (κ1) is 25.6. The van der Waals surface area contributed by atoms with Crippen LogP contribution in [0.2, 0.25) is 0 Å². The fourth-order valence-electron chi connectivity index (χ4n) is 5.96. The van der Waals surface area contributed by atoms with Crippen LogP contribution in [0, 0.1) is 11.7 Å². The molecule has 0 saturated carbocycles. The largest absolute Gasteiger partial charge is 0.834 e. The van der Waals surface area contributed by atoms with E-state index in [0.717, 1.165) is 30.6 Å². The van der Waals surface area contributed by atoms with Crippen molar-refractivity contribution < 1.29 is 28.3 Å². The van der Waals surface area contributed by atoms with Crippen LogP contribution < -0.4 is 10.4 Å². The first-order valence-corrected chi connectivity index (χ1v) is 13.9. The van der Waals surface area contributed by atoms with E-state index in [4.69, 9.17) is 4.74 Å². The van der Waals surface area contributed by atoms with E-state index in [1.54, 1.807) is 66.7 Å². The van der Waals surface area contributed by atoms with E-state index in [-0.39, 0.29) is 24.2 Å². The maximum Gasteiger partial charge on any atom is 0.304 e. The van der Waals surface area contributed by atoms with Gasteiger partial charge in [-0.2, -0.15) is 0 Å². The number of anilines is 1. The molecule has 1 unspecified atom stereocenters. The highest BCUT2D eigenvalue weighted by Crippen LogP contribution is 2.38. The number of rotatable bonds is 7. The molecule has 3 aromatic carbocycles. The van der Waals surface area contributed by atoms with Gasteiger partial charge in [-0.15, -0.1) is 0 Å². The molecular weight excluding hydrogens is 517 g/mol. The molecule has 0 aliphatic carbocycles. The number of esters is 1. The fourth-order valence-corrected chi connectivity index (χ4v) is 6.83. The summed E-state index contributed by atoms with van der Waals surface area (Å²) in [4.78, 5) is 31.0. The number of fused-ring (bicyclic) bond motifs is 4. The summed E-state index contributed by atoms with van der Waals surface area (Å²) >= 11 is 1.30. The summed E-state index contributed by atoms with van der Waals surface area (Å²) in [6, 6.07) is 21.6. The minimum atomic E-state index is -2.19. The molecule has 39 heavy (non-hydrogen) atoms. The normalized spacial score (nSPS) is 22.5. The summed E-state index contributed by atoms with van der Waals surface area (Å²) < 4.78 is 20.8. The Morgan fingerprint density at radius 2 is 1.67 bits per heavy atom. The number of ether oxygens (including phenoxy) is 1. The minimum Gasteiger partial charge on any atom is -0.834 e. The van der Waals surface area contributed by atoms with Crippen molar-refractivity contribution >= 4 is 38.6 Å². The number of carbonyl (C=O) groups excluding carboxylic acids is 2. The molecule has 3 saturated heterocycles. The lowest BCUT2D eigenvalue weighted by molar-refractivity contribution is -0.939. The van der Waals surface area contributed by atoms with Crippen LogP contribution >= 0.6 is 11.3 Å². The van der Waals surface area contributed by atoms with Crippen molar-refractivity contribution in [3.63, 3.8) is 0 Å². The standard InChI is InChI=1S/C30H28FN3O4S/c31-23-11-12-26-24(17-23)32-29(39-26)33-27(35)19-34-15-13-20(14-16-34)25(18-34)38-28(36)30(37,21-7-3-1-4-8-21)22-9-5-2-6-10-22/h1-12,17,20,25H,13-16,18-19H2,(H,32,33,35). The Morgan fingerprint density at radius 1 is 1.03 bits per heavy atom. The summed E-state index contributed by atoms with van der Waals surface area (Å²) in [6.07, 6.45) is 1.18. The first-order valence-electron chi connectivity index (χ1n) is 13.1. The van der Waals surface area contributed by atoms with E-state index in [9.17, 15) is 19.1 Å². The monoisotopic (exact) mass is 545 g/mol. The number of hydrogen-bond donors (Lipinski definition) is 1. The van der Waals surface area contributed by atoms with Gasteiger partial charge in [-0.1, -0.05) is 72.0 Å². The van der Waals surface area contributed by atoms with E-state index >= 15 is 0 Å². The molecule has 9 heteroatoms. The van der Waals surface area contributed by atoms with E-state index in [0.29, 0.717) is 32.8 Å². The number of halogens is 1. The molecule has 1 atom stereocenters. The van der Waals surface area contributed by atoms with Crippen molar-refractivity contribution in [2.45, 2.75) is 24.5 Å². The highest BCUT2D eigenvalue weighted by atomic mass is 32.1. The number of carbonyl (C=O) groups is 2. The molecule has 200 valence electrons. The quantitative estimate of drug-likeness (QED) is 0.282. The van der Waals surface area contributed by atoms with Gasteiger partial charge in [-0.25, -0.2) is 9.37 Å². The molecule has 7 rings (SSSR count). The second kappa shape index (κ2) is 10.1. The van der Waals surface area contributed by atoms with E-state index in [1.807, 2.05) is 0 Å². The van der Waals surface area contributed by atoms with Gasteiger partial charge < -0.3 is 14.3 Å². The van der Waals surface area contributed by atoms with Crippen molar-refractivity contribution in [3.05, 3.63) is 95.8 Å². The Labute approximate surface area is 229 Å². The molecule has 1 amide bonds. The molecule has 3 aliphatic rings. The van der Waals surface area contributed by atoms with Crippen molar-refractivity contribution in [3.8, 4) is 0 Å². The van der Waals surface area contributed by atoms with Gasteiger partial charge in [0.05, 0.1) is 23.3 Å². The molecule has 1 aromatic heterocycles. The summed E-state index contributed by atoms with van der Waals surface area (Å²) in [7, 11) is 0. The van der Waals surface area contributed by atoms with Crippen molar-refractivity contribution in [1.29, 1.82) is 0 Å². The zero-order chi connectivity index (χ0) is 27.0. The molecule has 2 bridgehead atoms. The zero-order valence-corrected chi connectivity index (χ0v) is 22.0. The SMILES string of the molecule is O=C(C[N+]12CCC(CC1)C(OC(=O)C([O-])(c1ccccc1)c1ccccc1)C2)Nc1nc2cc(F)ccc2s1. The third-order valence-corrected chi connectivity index (χ3v) is 8.97. The van der Waals surface area contributed by atoms with Crippen LogP contribution in [-0.2, 0) is 19.9 Å². The van der Waals surface area contributed by atoms with Crippen LogP contribution in [0.1, 0.15) is 24.0 Å². The topological polar surface area (TPSA) is 91.4 Å². The fraction of sp³-hybridized carbons (Fsp3) is 0.300. The number of nitrogens with one attached hydrogen (secondary N) is 1. The number of hydrogen-bond acceptors (Lipinski definition) is 6. The number of amides is 1. The number of aromatic nitrogens is 1. The second-order valence-electron chi connectivity index (χ2n) is 10.5. The van der Waals surface area contributed by atoms with E-state index < -0.39 is 17.7 Å². The molecule has 3 aliphatic heterocycles. The highest BCUT2D eigenvalue weighted by Gasteiger charge is 2.49. The van der Waals surface area contributed by atoms with Crippen molar-refractivity contribution in [2.24, 2.45) is 5.92 Å². The van der Waals surface area contributed by atoms with Crippen LogP contribution in [0.3, 0.4) is 0 Å². The smallest absolute Gasteiger partial charge is 0.304 e. The van der Waals surface area contributed by atoms with Crippen LogP contribution in [0.4, 0.5) is 9.52 Å². The average molecular weight is 546 g/mol. The van der Waals surface area contributed by atoms with Crippen LogP contribution in [0.5, 0.6) is 0 Å². The van der Waals surface area contributed by atoms with Gasteiger partial charge in [0.25, 0.3) is 5.91 Å².